The Bertz CT molecular complexity index is 645. The molecular formula is C22H44N6O6. The van der Waals surface area contributed by atoms with Gasteiger partial charge in [0.1, 0.15) is 24.2 Å². The zero-order valence-corrected chi connectivity index (χ0v) is 20.6. The lowest BCUT2D eigenvalue weighted by Gasteiger charge is -2.26. The number of carboxylic acids is 1. The van der Waals surface area contributed by atoms with Gasteiger partial charge in [0.15, 0.2) is 0 Å². The molecule has 34 heavy (non-hydrogen) atoms. The number of aliphatic hydroxyl groups is 1. The molecule has 198 valence electrons. The summed E-state index contributed by atoms with van der Waals surface area (Å²) < 4.78 is 0. The Labute approximate surface area is 201 Å². The SMILES string of the molecule is CC(C)CC(NC(=O)C(CCCCN)NC(=O)C(CCCCN)NC(=O)C(N)C(C)O)C(=O)O. The first-order valence-corrected chi connectivity index (χ1v) is 11.9. The molecule has 0 bridgehead atoms. The molecule has 0 aliphatic heterocycles. The van der Waals surface area contributed by atoms with E-state index < -0.39 is 54.0 Å². The fraction of sp³-hybridized carbons (Fsp3) is 0.818. The van der Waals surface area contributed by atoms with Gasteiger partial charge in [0.2, 0.25) is 17.7 Å². The van der Waals surface area contributed by atoms with Crippen molar-refractivity contribution >= 4 is 23.7 Å². The number of rotatable bonds is 18. The zero-order valence-electron chi connectivity index (χ0n) is 20.6. The maximum absolute atomic E-state index is 13.0. The van der Waals surface area contributed by atoms with E-state index in [1.807, 2.05) is 13.8 Å². The Morgan fingerprint density at radius 3 is 1.50 bits per heavy atom. The predicted molar refractivity (Wildman–Crippen MR) is 128 cm³/mol. The van der Waals surface area contributed by atoms with Gasteiger partial charge in [-0.25, -0.2) is 4.79 Å². The maximum Gasteiger partial charge on any atom is 0.326 e. The zero-order chi connectivity index (χ0) is 26.3. The van der Waals surface area contributed by atoms with Gasteiger partial charge >= 0.3 is 5.97 Å². The van der Waals surface area contributed by atoms with Gasteiger partial charge in [-0.05, 0) is 70.9 Å². The van der Waals surface area contributed by atoms with Crippen LogP contribution in [0.3, 0.4) is 0 Å². The highest BCUT2D eigenvalue weighted by molar-refractivity contribution is 5.94. The number of nitrogens with two attached hydrogens (primary N) is 3. The highest BCUT2D eigenvalue weighted by Crippen LogP contribution is 2.09. The molecule has 5 atom stereocenters. The molecule has 12 nitrogen and oxygen atoms in total. The molecule has 0 saturated carbocycles. The van der Waals surface area contributed by atoms with Gasteiger partial charge < -0.3 is 43.4 Å². The summed E-state index contributed by atoms with van der Waals surface area (Å²) >= 11 is 0. The summed E-state index contributed by atoms with van der Waals surface area (Å²) in [6.07, 6.45) is 1.94. The van der Waals surface area contributed by atoms with E-state index in [1.54, 1.807) is 0 Å². The molecule has 0 aromatic carbocycles. The van der Waals surface area contributed by atoms with Crippen LogP contribution in [0, 0.1) is 5.92 Å². The van der Waals surface area contributed by atoms with Gasteiger partial charge in [-0.1, -0.05) is 13.8 Å². The minimum absolute atomic E-state index is 0.0342. The van der Waals surface area contributed by atoms with E-state index in [1.165, 1.54) is 6.92 Å². The van der Waals surface area contributed by atoms with Crippen LogP contribution < -0.4 is 33.2 Å². The van der Waals surface area contributed by atoms with Crippen molar-refractivity contribution in [2.45, 2.75) is 96.0 Å². The molecule has 0 aromatic heterocycles. The highest BCUT2D eigenvalue weighted by Gasteiger charge is 2.30. The number of carboxylic acid groups (broad SMARTS) is 1. The Morgan fingerprint density at radius 1 is 0.735 bits per heavy atom. The first-order valence-electron chi connectivity index (χ1n) is 11.9. The van der Waals surface area contributed by atoms with E-state index in [9.17, 15) is 29.4 Å². The Kier molecular flexibility index (Phi) is 16.0. The lowest BCUT2D eigenvalue weighted by atomic mass is 10.0. The number of carbonyl (C=O) groups excluding carboxylic acids is 3. The second-order valence-corrected chi connectivity index (χ2v) is 8.99. The molecule has 3 amide bonds. The molecule has 0 heterocycles. The predicted octanol–water partition coefficient (Wildman–Crippen LogP) is -1.46. The number of aliphatic carboxylic acids is 1. The van der Waals surface area contributed by atoms with Gasteiger partial charge in [-0.3, -0.25) is 14.4 Å². The van der Waals surface area contributed by atoms with Crippen LogP contribution in [0.4, 0.5) is 0 Å². The summed E-state index contributed by atoms with van der Waals surface area (Å²) in [5, 5.41) is 26.7. The van der Waals surface area contributed by atoms with Crippen molar-refractivity contribution in [3.63, 3.8) is 0 Å². The molecule has 12 heteroatoms. The van der Waals surface area contributed by atoms with Crippen LogP contribution in [0.2, 0.25) is 0 Å². The molecule has 11 N–H and O–H groups in total. The van der Waals surface area contributed by atoms with Crippen molar-refractivity contribution in [2.24, 2.45) is 23.1 Å². The normalized spacial score (nSPS) is 15.6. The summed E-state index contributed by atoms with van der Waals surface area (Å²) in [6, 6.07) is -4.32. The first kappa shape index (κ1) is 31.7. The number of hydrogen-bond donors (Lipinski definition) is 8. The molecule has 0 aromatic rings. The lowest BCUT2D eigenvalue weighted by molar-refractivity contribution is -0.143. The van der Waals surface area contributed by atoms with E-state index >= 15 is 0 Å². The third-order valence-corrected chi connectivity index (χ3v) is 5.30. The van der Waals surface area contributed by atoms with Crippen LogP contribution in [-0.4, -0.2) is 77.3 Å². The molecule has 0 aliphatic rings. The Hall–Kier alpha value is -2.28. The minimum atomic E-state index is -1.22. The summed E-state index contributed by atoms with van der Waals surface area (Å²) in [4.78, 5) is 49.8. The van der Waals surface area contributed by atoms with Crippen molar-refractivity contribution < 1.29 is 29.4 Å². The van der Waals surface area contributed by atoms with Crippen LogP contribution in [0.15, 0.2) is 0 Å². The maximum atomic E-state index is 13.0. The van der Waals surface area contributed by atoms with E-state index in [0.717, 1.165) is 0 Å². The molecule has 0 radical (unpaired) electrons. The molecule has 5 unspecified atom stereocenters. The third-order valence-electron chi connectivity index (χ3n) is 5.30. The molecule has 0 spiro atoms. The number of nitrogens with one attached hydrogen (secondary N) is 3. The molecule has 0 aliphatic carbocycles. The van der Waals surface area contributed by atoms with E-state index in [4.69, 9.17) is 17.2 Å². The summed E-state index contributed by atoms with van der Waals surface area (Å²) in [7, 11) is 0. The fourth-order valence-corrected chi connectivity index (χ4v) is 3.25. The summed E-state index contributed by atoms with van der Waals surface area (Å²) in [5.41, 5.74) is 16.7. The quantitative estimate of drug-likeness (QED) is 0.105. The van der Waals surface area contributed by atoms with Crippen molar-refractivity contribution in [2.75, 3.05) is 13.1 Å². The lowest BCUT2D eigenvalue weighted by Crippen LogP contribution is -2.58. The van der Waals surface area contributed by atoms with E-state index in [0.29, 0.717) is 38.8 Å². The molecule has 0 saturated heterocycles. The monoisotopic (exact) mass is 488 g/mol. The molecular weight excluding hydrogens is 444 g/mol. The number of carbonyl (C=O) groups is 4. The van der Waals surface area contributed by atoms with Crippen LogP contribution in [0.5, 0.6) is 0 Å². The second-order valence-electron chi connectivity index (χ2n) is 8.99. The van der Waals surface area contributed by atoms with E-state index in [-0.39, 0.29) is 25.2 Å². The van der Waals surface area contributed by atoms with Crippen molar-refractivity contribution in [1.29, 1.82) is 0 Å². The van der Waals surface area contributed by atoms with Crippen molar-refractivity contribution in [3.05, 3.63) is 0 Å². The average molecular weight is 489 g/mol. The van der Waals surface area contributed by atoms with Crippen LogP contribution >= 0.6 is 0 Å². The van der Waals surface area contributed by atoms with Crippen molar-refractivity contribution in [3.8, 4) is 0 Å². The Morgan fingerprint density at radius 2 is 1.15 bits per heavy atom. The standard InChI is InChI=1S/C22H44N6O6/c1-13(2)12-17(22(33)34)28-20(31)15(8-4-6-10-23)26-19(30)16(9-5-7-11-24)27-21(32)18(25)14(3)29/h13-18,29H,4-12,23-25H2,1-3H3,(H,26,30)(H,27,32)(H,28,31)(H,33,34). The van der Waals surface area contributed by atoms with E-state index in [2.05, 4.69) is 16.0 Å². The van der Waals surface area contributed by atoms with Crippen LogP contribution in [-0.2, 0) is 19.2 Å². The summed E-state index contributed by atoms with van der Waals surface area (Å²) in [6.45, 7) is 5.86. The second kappa shape index (κ2) is 17.2. The Balaban J connectivity index is 5.52. The van der Waals surface area contributed by atoms with Gasteiger partial charge in [0.25, 0.3) is 0 Å². The minimum Gasteiger partial charge on any atom is -0.480 e. The third kappa shape index (κ3) is 12.8. The molecule has 0 rings (SSSR count). The van der Waals surface area contributed by atoms with Gasteiger partial charge in [-0.2, -0.15) is 0 Å². The largest absolute Gasteiger partial charge is 0.480 e. The topological polar surface area (TPSA) is 223 Å². The number of amides is 3. The van der Waals surface area contributed by atoms with Gasteiger partial charge in [-0.15, -0.1) is 0 Å². The van der Waals surface area contributed by atoms with Crippen molar-refractivity contribution in [1.82, 2.24) is 16.0 Å². The van der Waals surface area contributed by atoms with Crippen LogP contribution in [0.25, 0.3) is 0 Å². The number of unbranched alkanes of at least 4 members (excludes halogenated alkanes) is 2. The van der Waals surface area contributed by atoms with Crippen LogP contribution in [0.1, 0.15) is 65.7 Å². The number of aliphatic hydroxyl groups excluding tert-OH is 1. The molecule has 0 fully saturated rings. The smallest absolute Gasteiger partial charge is 0.326 e. The fourth-order valence-electron chi connectivity index (χ4n) is 3.25. The van der Waals surface area contributed by atoms with Gasteiger partial charge in [0.05, 0.1) is 6.10 Å². The number of hydrogen-bond acceptors (Lipinski definition) is 8. The highest BCUT2D eigenvalue weighted by atomic mass is 16.4. The van der Waals surface area contributed by atoms with Gasteiger partial charge in [0, 0.05) is 0 Å². The summed E-state index contributed by atoms with van der Waals surface area (Å²) in [5.74, 6) is -3.05. The first-order chi connectivity index (χ1) is 15.9. The average Bonchev–Trinajstić information content (AvgIpc) is 2.76.